The predicted octanol–water partition coefficient (Wildman–Crippen LogP) is 0.263. The first kappa shape index (κ1) is 7.79. The second kappa shape index (κ2) is 4.49. The van der Waals surface area contributed by atoms with E-state index >= 15 is 0 Å². The zero-order valence-corrected chi connectivity index (χ0v) is 6.08. The molecule has 0 aliphatic carbocycles. The van der Waals surface area contributed by atoms with Crippen molar-refractivity contribution in [1.82, 2.24) is 0 Å². The van der Waals surface area contributed by atoms with Crippen molar-refractivity contribution in [1.29, 1.82) is 0 Å². The summed E-state index contributed by atoms with van der Waals surface area (Å²) in [6, 6.07) is 0. The average Bonchev–Trinajstić information content (AvgIpc) is 2.41. The molecular formula is C6H11BO3. The Morgan fingerprint density at radius 3 is 2.80 bits per heavy atom. The predicted molar refractivity (Wildman–Crippen MR) is 38.7 cm³/mol. The zero-order chi connectivity index (χ0) is 7.23. The van der Waals surface area contributed by atoms with Crippen LogP contribution >= 0.6 is 0 Å². The summed E-state index contributed by atoms with van der Waals surface area (Å²) in [5, 5.41) is 0. The molecular weight excluding hydrogens is 131 g/mol. The molecule has 1 saturated heterocycles. The maximum absolute atomic E-state index is 5.13. The molecule has 1 aliphatic heterocycles. The Morgan fingerprint density at radius 1 is 1.50 bits per heavy atom. The third-order valence-electron chi connectivity index (χ3n) is 1.20. The number of hydrogen-bond donors (Lipinski definition) is 0. The van der Waals surface area contributed by atoms with Crippen molar-refractivity contribution in [3.8, 4) is 0 Å². The van der Waals surface area contributed by atoms with Crippen molar-refractivity contribution in [3.63, 3.8) is 0 Å². The molecule has 0 bridgehead atoms. The number of methoxy groups -OCH3 is 1. The monoisotopic (exact) mass is 142 g/mol. The van der Waals surface area contributed by atoms with Gasteiger partial charge in [0.25, 0.3) is 0 Å². The zero-order valence-electron chi connectivity index (χ0n) is 6.08. The number of hydrogen-bond acceptors (Lipinski definition) is 3. The molecule has 10 heavy (non-hydrogen) atoms. The third-order valence-corrected chi connectivity index (χ3v) is 1.20. The summed E-state index contributed by atoms with van der Waals surface area (Å²) in [4.78, 5) is 0. The third kappa shape index (κ3) is 2.52. The van der Waals surface area contributed by atoms with Crippen LogP contribution in [0.25, 0.3) is 0 Å². The highest BCUT2D eigenvalue weighted by Crippen LogP contribution is 1.99. The van der Waals surface area contributed by atoms with Crippen LogP contribution in [0.1, 0.15) is 0 Å². The molecule has 0 unspecified atom stereocenters. The molecule has 0 aromatic rings. The van der Waals surface area contributed by atoms with Crippen LogP contribution in [0.2, 0.25) is 0 Å². The van der Waals surface area contributed by atoms with E-state index in [1.807, 2.05) is 12.1 Å². The smallest absolute Gasteiger partial charge is 0.405 e. The molecule has 1 rings (SSSR count). The van der Waals surface area contributed by atoms with Gasteiger partial charge >= 0.3 is 7.12 Å². The van der Waals surface area contributed by atoms with Gasteiger partial charge in [0.15, 0.2) is 0 Å². The minimum Gasteiger partial charge on any atom is -0.405 e. The molecule has 0 aromatic heterocycles. The highest BCUT2D eigenvalue weighted by molar-refractivity contribution is 6.51. The average molecular weight is 142 g/mol. The van der Waals surface area contributed by atoms with Crippen molar-refractivity contribution in [2.24, 2.45) is 0 Å². The molecule has 3 nitrogen and oxygen atoms in total. The Bertz CT molecular complexity index is 110. The lowest BCUT2D eigenvalue weighted by Crippen LogP contribution is -2.09. The standard InChI is InChI=1S/C6H11BO3/c1-8-4-2-3-7-9-5-6-10-7/h2-3H,4-6H2,1H3/b3-2+. The van der Waals surface area contributed by atoms with Gasteiger partial charge in [0, 0.05) is 7.11 Å². The van der Waals surface area contributed by atoms with Gasteiger partial charge in [-0.05, 0) is 0 Å². The lowest BCUT2D eigenvalue weighted by molar-refractivity contribution is 0.233. The summed E-state index contributed by atoms with van der Waals surface area (Å²) in [7, 11) is 1.51. The fourth-order valence-corrected chi connectivity index (χ4v) is 0.751. The summed E-state index contributed by atoms with van der Waals surface area (Å²) in [6.45, 7) is 2.01. The Morgan fingerprint density at radius 2 is 2.20 bits per heavy atom. The van der Waals surface area contributed by atoms with Crippen LogP contribution in [-0.4, -0.2) is 34.0 Å². The lowest BCUT2D eigenvalue weighted by atomic mass is 9.91. The molecule has 1 heterocycles. The molecule has 0 atom stereocenters. The summed E-state index contributed by atoms with van der Waals surface area (Å²) in [6.07, 6.45) is 1.88. The minimum atomic E-state index is -0.143. The highest BCUT2D eigenvalue weighted by Gasteiger charge is 2.18. The van der Waals surface area contributed by atoms with Crippen LogP contribution in [-0.2, 0) is 14.0 Å². The molecule has 0 aromatic carbocycles. The van der Waals surface area contributed by atoms with Crippen LogP contribution in [0.5, 0.6) is 0 Å². The second-order valence-electron chi connectivity index (χ2n) is 1.99. The SMILES string of the molecule is COC/C=C/B1OCCO1. The van der Waals surface area contributed by atoms with E-state index < -0.39 is 0 Å². The first-order valence-corrected chi connectivity index (χ1v) is 3.32. The van der Waals surface area contributed by atoms with Crippen molar-refractivity contribution in [3.05, 3.63) is 12.1 Å². The Hall–Kier alpha value is -0.315. The molecule has 0 N–H and O–H groups in total. The number of ether oxygens (including phenoxy) is 1. The number of rotatable bonds is 3. The molecule has 4 heteroatoms. The van der Waals surface area contributed by atoms with Crippen molar-refractivity contribution in [2.45, 2.75) is 0 Å². The molecule has 0 amide bonds. The van der Waals surface area contributed by atoms with Gasteiger partial charge in [-0.3, -0.25) is 0 Å². The summed E-state index contributed by atoms with van der Waals surface area (Å²) >= 11 is 0. The van der Waals surface area contributed by atoms with Gasteiger partial charge in [-0.25, -0.2) is 0 Å². The lowest BCUT2D eigenvalue weighted by Gasteiger charge is -1.94. The van der Waals surface area contributed by atoms with Gasteiger partial charge in [0.2, 0.25) is 0 Å². The van der Waals surface area contributed by atoms with Crippen molar-refractivity contribution < 1.29 is 14.0 Å². The van der Waals surface area contributed by atoms with E-state index in [2.05, 4.69) is 0 Å². The molecule has 0 spiro atoms. The van der Waals surface area contributed by atoms with Crippen LogP contribution in [0.4, 0.5) is 0 Å². The fraction of sp³-hybridized carbons (Fsp3) is 0.667. The first-order chi connectivity index (χ1) is 4.93. The van der Waals surface area contributed by atoms with Gasteiger partial charge < -0.3 is 14.0 Å². The molecule has 0 saturated carbocycles. The van der Waals surface area contributed by atoms with Crippen molar-refractivity contribution >= 4 is 7.12 Å². The molecule has 56 valence electrons. The van der Waals surface area contributed by atoms with Crippen molar-refractivity contribution in [2.75, 3.05) is 26.9 Å². The molecule has 0 radical (unpaired) electrons. The van der Waals surface area contributed by atoms with Gasteiger partial charge in [-0.1, -0.05) is 12.1 Å². The maximum Gasteiger partial charge on any atom is 0.486 e. The normalized spacial score (nSPS) is 19.1. The Kier molecular flexibility index (Phi) is 3.50. The van der Waals surface area contributed by atoms with Gasteiger partial charge in [-0.15, -0.1) is 0 Å². The van der Waals surface area contributed by atoms with E-state index in [0.717, 1.165) is 0 Å². The molecule has 1 fully saturated rings. The fourth-order valence-electron chi connectivity index (χ4n) is 0.751. The van der Waals surface area contributed by atoms with E-state index in [9.17, 15) is 0 Å². The van der Waals surface area contributed by atoms with E-state index in [4.69, 9.17) is 14.0 Å². The second-order valence-corrected chi connectivity index (χ2v) is 1.99. The topological polar surface area (TPSA) is 27.7 Å². The van der Waals surface area contributed by atoms with Crippen LogP contribution < -0.4 is 0 Å². The van der Waals surface area contributed by atoms with Gasteiger partial charge in [0.05, 0.1) is 19.8 Å². The van der Waals surface area contributed by atoms with Gasteiger partial charge in [-0.2, -0.15) is 0 Å². The largest absolute Gasteiger partial charge is 0.486 e. The summed E-state index contributed by atoms with van der Waals surface area (Å²) in [5.74, 6) is 1.86. The highest BCUT2D eigenvalue weighted by atomic mass is 16.6. The van der Waals surface area contributed by atoms with Crippen LogP contribution in [0.3, 0.4) is 0 Å². The van der Waals surface area contributed by atoms with E-state index in [-0.39, 0.29) is 7.12 Å². The summed E-state index contributed by atoms with van der Waals surface area (Å²) < 4.78 is 15.1. The quantitative estimate of drug-likeness (QED) is 0.529. The van der Waals surface area contributed by atoms with E-state index in [1.54, 1.807) is 7.11 Å². The van der Waals surface area contributed by atoms with Crippen LogP contribution in [0.15, 0.2) is 12.1 Å². The summed E-state index contributed by atoms with van der Waals surface area (Å²) in [5.41, 5.74) is 0. The van der Waals surface area contributed by atoms with E-state index in [0.29, 0.717) is 19.8 Å². The first-order valence-electron chi connectivity index (χ1n) is 3.32. The Labute approximate surface area is 61.1 Å². The van der Waals surface area contributed by atoms with E-state index in [1.165, 1.54) is 0 Å². The van der Waals surface area contributed by atoms with Crippen LogP contribution in [0, 0.1) is 0 Å². The Balaban J connectivity index is 2.10. The van der Waals surface area contributed by atoms with Gasteiger partial charge in [0.1, 0.15) is 0 Å². The molecule has 1 aliphatic rings. The maximum atomic E-state index is 5.13. The minimum absolute atomic E-state index is 0.143.